The number of benzene rings is 1. The Morgan fingerprint density at radius 2 is 1.85 bits per heavy atom. The number of nitrogens with zero attached hydrogens (tertiary/aromatic N) is 3. The molecule has 9 heteroatoms. The molecule has 2 bridgehead atoms. The van der Waals surface area contributed by atoms with Crippen molar-refractivity contribution in [2.75, 3.05) is 4.90 Å². The molecule has 4 amide bonds. The molecule has 9 nitrogen and oxygen atoms in total. The fourth-order valence-electron chi connectivity index (χ4n) is 7.62. The third-order valence-electron chi connectivity index (χ3n) is 8.15. The molecule has 2 saturated heterocycles. The summed E-state index contributed by atoms with van der Waals surface area (Å²) in [5.74, 6) is -1.09. The van der Waals surface area contributed by atoms with Gasteiger partial charge in [-0.05, 0) is 55.6 Å². The Kier molecular flexibility index (Phi) is 4.33. The summed E-state index contributed by atoms with van der Waals surface area (Å²) in [6.45, 7) is 10.1. The number of non-ortho nitro benzene ring substituents is 1. The molecule has 3 fully saturated rings. The second-order valence-corrected chi connectivity index (χ2v) is 11.6. The molecule has 33 heavy (non-hydrogen) atoms. The Balaban J connectivity index is 1.78. The zero-order chi connectivity index (χ0) is 24.1. The summed E-state index contributed by atoms with van der Waals surface area (Å²) < 4.78 is 0. The van der Waals surface area contributed by atoms with Gasteiger partial charge in [-0.3, -0.25) is 29.9 Å². The predicted molar refractivity (Wildman–Crippen MR) is 121 cm³/mol. The first-order chi connectivity index (χ1) is 15.3. The summed E-state index contributed by atoms with van der Waals surface area (Å²) in [5.41, 5.74) is -0.450. The van der Waals surface area contributed by atoms with Gasteiger partial charge in [-0.15, -0.1) is 0 Å². The minimum absolute atomic E-state index is 0.0128. The Morgan fingerprint density at radius 1 is 1.15 bits per heavy atom. The van der Waals surface area contributed by atoms with E-state index in [0.29, 0.717) is 5.56 Å². The molecular formula is C24H30N4O5. The van der Waals surface area contributed by atoms with Crippen molar-refractivity contribution in [3.63, 3.8) is 0 Å². The number of hydrogen-bond donors (Lipinski definition) is 1. The maximum absolute atomic E-state index is 14.1. The largest absolute Gasteiger partial charge is 0.363 e. The molecule has 4 unspecified atom stereocenters. The van der Waals surface area contributed by atoms with Gasteiger partial charge in [0.2, 0.25) is 11.8 Å². The quantitative estimate of drug-likeness (QED) is 0.416. The summed E-state index contributed by atoms with van der Waals surface area (Å²) >= 11 is 0. The minimum atomic E-state index is -1.52. The molecule has 3 heterocycles. The first-order valence-electron chi connectivity index (χ1n) is 11.6. The summed E-state index contributed by atoms with van der Waals surface area (Å²) in [5, 5.41) is 14.0. The van der Waals surface area contributed by atoms with E-state index >= 15 is 0 Å². The second-order valence-electron chi connectivity index (χ2n) is 11.6. The number of anilines is 1. The van der Waals surface area contributed by atoms with Crippen LogP contribution in [0.3, 0.4) is 0 Å². The number of fused-ring (bicyclic) bond motifs is 8. The van der Waals surface area contributed by atoms with E-state index in [1.165, 1.54) is 12.1 Å². The second kappa shape index (κ2) is 6.55. The molecule has 5 rings (SSSR count). The number of imide groups is 2. The minimum Gasteiger partial charge on any atom is -0.363 e. The Labute approximate surface area is 192 Å². The van der Waals surface area contributed by atoms with Crippen LogP contribution >= 0.6 is 0 Å². The maximum Gasteiger partial charge on any atom is 0.331 e. The number of amides is 4. The summed E-state index contributed by atoms with van der Waals surface area (Å²) in [6, 6.07) is 3.29. The van der Waals surface area contributed by atoms with Crippen molar-refractivity contribution in [1.29, 1.82) is 0 Å². The van der Waals surface area contributed by atoms with E-state index in [1.54, 1.807) is 19.9 Å². The number of urea groups is 1. The van der Waals surface area contributed by atoms with Crippen LogP contribution < -0.4 is 10.2 Å². The van der Waals surface area contributed by atoms with Gasteiger partial charge in [-0.2, -0.15) is 0 Å². The molecule has 3 aliphatic heterocycles. The average molecular weight is 455 g/mol. The Bertz CT molecular complexity index is 1110. The smallest absolute Gasteiger partial charge is 0.331 e. The van der Waals surface area contributed by atoms with Crippen LogP contribution in [0.1, 0.15) is 59.4 Å². The van der Waals surface area contributed by atoms with Crippen molar-refractivity contribution in [2.45, 2.75) is 78.4 Å². The normalized spacial score (nSPS) is 34.4. The number of nitro groups is 1. The standard InChI is InChI=1S/C24H30N4O5/c1-13(2)26-20(30)24(19(29)25-21(26)31)9-14-8-15(28(32)33)6-7-17(14)27-16-10-22(3,4)12-23(5,11-16)18(24)27/h6-8,13,16,18H,9-12H2,1-5H3,(H,25,29,31). The maximum atomic E-state index is 14.1. The van der Waals surface area contributed by atoms with Gasteiger partial charge in [-0.1, -0.05) is 20.8 Å². The Morgan fingerprint density at radius 3 is 2.48 bits per heavy atom. The van der Waals surface area contributed by atoms with Crippen LogP contribution in [0, 0.1) is 26.4 Å². The van der Waals surface area contributed by atoms with Gasteiger partial charge in [0.1, 0.15) is 0 Å². The van der Waals surface area contributed by atoms with E-state index in [-0.39, 0.29) is 29.0 Å². The van der Waals surface area contributed by atoms with Crippen molar-refractivity contribution in [3.8, 4) is 0 Å². The summed E-state index contributed by atoms with van der Waals surface area (Å²) in [4.78, 5) is 54.8. The molecule has 1 aromatic carbocycles. The summed E-state index contributed by atoms with van der Waals surface area (Å²) in [6.07, 6.45) is 2.61. The number of carbonyl (C=O) groups excluding carboxylic acids is 3. The lowest BCUT2D eigenvalue weighted by atomic mass is 9.56. The zero-order valence-electron chi connectivity index (χ0n) is 19.7. The topological polar surface area (TPSA) is 113 Å². The fourth-order valence-corrected chi connectivity index (χ4v) is 7.62. The molecule has 1 saturated carbocycles. The number of barbiturate groups is 1. The monoisotopic (exact) mass is 454 g/mol. The van der Waals surface area contributed by atoms with Gasteiger partial charge >= 0.3 is 6.03 Å². The first kappa shape index (κ1) is 21.9. The van der Waals surface area contributed by atoms with Crippen molar-refractivity contribution in [1.82, 2.24) is 10.2 Å². The molecule has 1 aromatic rings. The Hall–Kier alpha value is -2.97. The molecular weight excluding hydrogens is 424 g/mol. The molecule has 4 aliphatic rings. The lowest BCUT2D eigenvalue weighted by molar-refractivity contribution is -0.384. The molecule has 1 aliphatic carbocycles. The van der Waals surface area contributed by atoms with E-state index in [0.717, 1.165) is 29.8 Å². The van der Waals surface area contributed by atoms with E-state index in [4.69, 9.17) is 0 Å². The van der Waals surface area contributed by atoms with Gasteiger partial charge in [0.15, 0.2) is 5.41 Å². The van der Waals surface area contributed by atoms with Gasteiger partial charge < -0.3 is 4.90 Å². The SMILES string of the molecule is CC(C)N1C(=O)NC(=O)C2(Cc3cc([N+](=O)[O-])ccc3N3C4CC(C)(C)CC(C)(C4)C32)C1=O. The van der Waals surface area contributed by atoms with Crippen molar-refractivity contribution < 1.29 is 19.3 Å². The van der Waals surface area contributed by atoms with Gasteiger partial charge in [-0.25, -0.2) is 4.79 Å². The lowest BCUT2D eigenvalue weighted by Gasteiger charge is -2.54. The van der Waals surface area contributed by atoms with Gasteiger partial charge in [0.05, 0.1) is 11.0 Å². The van der Waals surface area contributed by atoms with Crippen LogP contribution in [0.15, 0.2) is 18.2 Å². The number of nitrogens with one attached hydrogen (secondary N) is 1. The number of nitro benzene ring substituents is 1. The summed E-state index contributed by atoms with van der Waals surface area (Å²) in [7, 11) is 0. The third kappa shape index (κ3) is 2.80. The first-order valence-corrected chi connectivity index (χ1v) is 11.6. The van der Waals surface area contributed by atoms with Crippen LogP contribution in [-0.4, -0.2) is 45.8 Å². The number of hydrogen-bond acceptors (Lipinski definition) is 6. The molecule has 0 aromatic heterocycles. The van der Waals surface area contributed by atoms with Crippen LogP contribution in [0.4, 0.5) is 16.2 Å². The third-order valence-corrected chi connectivity index (χ3v) is 8.15. The highest BCUT2D eigenvalue weighted by molar-refractivity contribution is 6.20. The van der Waals surface area contributed by atoms with Crippen LogP contribution in [0.25, 0.3) is 0 Å². The van der Waals surface area contributed by atoms with Crippen molar-refractivity contribution in [3.05, 3.63) is 33.9 Å². The van der Waals surface area contributed by atoms with Gasteiger partial charge in [0, 0.05) is 36.3 Å². The fraction of sp³-hybridized carbons (Fsp3) is 0.625. The molecule has 1 spiro atoms. The van der Waals surface area contributed by atoms with Crippen LogP contribution in [0.2, 0.25) is 0 Å². The van der Waals surface area contributed by atoms with E-state index in [1.807, 2.05) is 0 Å². The van der Waals surface area contributed by atoms with E-state index in [9.17, 15) is 24.5 Å². The van der Waals surface area contributed by atoms with E-state index < -0.39 is 40.3 Å². The highest BCUT2D eigenvalue weighted by atomic mass is 16.6. The molecule has 0 radical (unpaired) electrons. The van der Waals surface area contributed by atoms with Crippen LogP contribution in [0.5, 0.6) is 0 Å². The van der Waals surface area contributed by atoms with Gasteiger partial charge in [0.25, 0.3) is 5.69 Å². The van der Waals surface area contributed by atoms with Crippen LogP contribution in [-0.2, 0) is 16.0 Å². The zero-order valence-corrected chi connectivity index (χ0v) is 19.7. The lowest BCUT2D eigenvalue weighted by Crippen LogP contribution is -2.74. The van der Waals surface area contributed by atoms with Crippen molar-refractivity contribution in [2.24, 2.45) is 16.2 Å². The number of rotatable bonds is 2. The highest BCUT2D eigenvalue weighted by Crippen LogP contribution is 2.64. The van der Waals surface area contributed by atoms with E-state index in [2.05, 4.69) is 31.0 Å². The molecule has 4 atom stereocenters. The van der Waals surface area contributed by atoms with Crippen molar-refractivity contribution >= 4 is 29.2 Å². The predicted octanol–water partition coefficient (Wildman–Crippen LogP) is 3.40. The number of carbonyl (C=O) groups is 3. The molecule has 176 valence electrons. The molecule has 1 N–H and O–H groups in total. The average Bonchev–Trinajstić information content (AvgIpc) is 2.91. The highest BCUT2D eigenvalue weighted by Gasteiger charge is 2.71.